The lowest BCUT2D eigenvalue weighted by molar-refractivity contribution is 0.494. The van der Waals surface area contributed by atoms with Gasteiger partial charge in [-0.1, -0.05) is 6.92 Å². The minimum absolute atomic E-state index is 0.378. The Hall–Kier alpha value is -1.27. The van der Waals surface area contributed by atoms with Gasteiger partial charge in [0.25, 0.3) is 0 Å². The van der Waals surface area contributed by atoms with Gasteiger partial charge in [-0.3, -0.25) is 0 Å². The lowest BCUT2D eigenvalue weighted by Crippen LogP contribution is -2.34. The Balaban J connectivity index is 1.95. The predicted molar refractivity (Wildman–Crippen MR) is 72.6 cm³/mol. The molecule has 0 bridgehead atoms. The molecule has 0 saturated heterocycles. The summed E-state index contributed by atoms with van der Waals surface area (Å²) in [4.78, 5) is 1.51. The third-order valence-corrected chi connectivity index (χ3v) is 3.46. The molecule has 1 atom stereocenters. The minimum Gasteiger partial charge on any atom is -0.313 e. The van der Waals surface area contributed by atoms with E-state index in [-0.39, 0.29) is 0 Å². The average Bonchev–Trinajstić information content (AvgIpc) is 2.98. The zero-order valence-corrected chi connectivity index (χ0v) is 11.7. The number of aromatic nitrogens is 4. The second-order valence-corrected chi connectivity index (χ2v) is 5.17. The fourth-order valence-corrected chi connectivity index (χ4v) is 2.57. The minimum atomic E-state index is 0.378. The van der Waals surface area contributed by atoms with E-state index >= 15 is 0 Å². The van der Waals surface area contributed by atoms with Gasteiger partial charge < -0.3 is 5.32 Å². The first-order valence-electron chi connectivity index (χ1n) is 6.25. The SMILES string of the molecule is CCCNC(Cc1ccsc1)Cc1nnn(C)n1. The van der Waals surface area contributed by atoms with Crippen LogP contribution in [0, 0.1) is 0 Å². The van der Waals surface area contributed by atoms with Gasteiger partial charge >= 0.3 is 0 Å². The van der Waals surface area contributed by atoms with Gasteiger partial charge in [-0.15, -0.1) is 10.2 Å². The van der Waals surface area contributed by atoms with E-state index in [1.54, 1.807) is 18.4 Å². The lowest BCUT2D eigenvalue weighted by atomic mass is 10.1. The molecule has 98 valence electrons. The van der Waals surface area contributed by atoms with E-state index in [0.29, 0.717) is 6.04 Å². The molecule has 0 spiro atoms. The number of nitrogens with one attached hydrogen (secondary N) is 1. The third kappa shape index (κ3) is 3.89. The van der Waals surface area contributed by atoms with Gasteiger partial charge in [0.05, 0.1) is 7.05 Å². The van der Waals surface area contributed by atoms with Crippen LogP contribution in [0.25, 0.3) is 0 Å². The molecule has 2 aromatic heterocycles. The van der Waals surface area contributed by atoms with Crippen LogP contribution < -0.4 is 5.32 Å². The summed E-state index contributed by atoms with van der Waals surface area (Å²) in [5, 5.41) is 20.0. The maximum Gasteiger partial charge on any atom is 0.176 e. The summed E-state index contributed by atoms with van der Waals surface area (Å²) in [7, 11) is 1.80. The molecule has 1 N–H and O–H groups in total. The molecule has 0 radical (unpaired) electrons. The summed E-state index contributed by atoms with van der Waals surface area (Å²) in [5.41, 5.74) is 1.37. The zero-order chi connectivity index (χ0) is 12.8. The summed E-state index contributed by atoms with van der Waals surface area (Å²) in [6.45, 7) is 3.20. The van der Waals surface area contributed by atoms with Crippen molar-refractivity contribution in [2.24, 2.45) is 7.05 Å². The Morgan fingerprint density at radius 2 is 2.33 bits per heavy atom. The van der Waals surface area contributed by atoms with Gasteiger partial charge in [-0.05, 0) is 47.0 Å². The van der Waals surface area contributed by atoms with E-state index in [1.807, 2.05) is 0 Å². The number of aryl methyl sites for hydroxylation is 1. The Morgan fingerprint density at radius 1 is 1.44 bits per heavy atom. The lowest BCUT2D eigenvalue weighted by Gasteiger charge is -2.16. The first kappa shape index (κ1) is 13.2. The first-order chi connectivity index (χ1) is 8.78. The van der Waals surface area contributed by atoms with Crippen molar-refractivity contribution < 1.29 is 0 Å². The fraction of sp³-hybridized carbons (Fsp3) is 0.583. The van der Waals surface area contributed by atoms with Crippen LogP contribution in [0.3, 0.4) is 0 Å². The summed E-state index contributed by atoms with van der Waals surface area (Å²) in [6, 6.07) is 2.55. The highest BCUT2D eigenvalue weighted by molar-refractivity contribution is 7.07. The van der Waals surface area contributed by atoms with Crippen molar-refractivity contribution in [3.8, 4) is 0 Å². The van der Waals surface area contributed by atoms with E-state index in [9.17, 15) is 0 Å². The van der Waals surface area contributed by atoms with Crippen molar-refractivity contribution >= 4 is 11.3 Å². The summed E-state index contributed by atoms with van der Waals surface area (Å²) in [5.74, 6) is 0.807. The standard InChI is InChI=1S/C12H19N5S/c1-3-5-13-11(7-10-4-6-18-9-10)8-12-14-16-17(2)15-12/h4,6,9,11,13H,3,5,7-8H2,1-2H3. The molecule has 1 unspecified atom stereocenters. The molecule has 2 aromatic rings. The van der Waals surface area contributed by atoms with Gasteiger partial charge in [0.2, 0.25) is 0 Å². The molecule has 0 aliphatic heterocycles. The van der Waals surface area contributed by atoms with Crippen molar-refractivity contribution in [2.75, 3.05) is 6.54 Å². The molecule has 0 saturated carbocycles. The molecule has 0 fully saturated rings. The largest absolute Gasteiger partial charge is 0.313 e. The molecule has 0 aliphatic carbocycles. The van der Waals surface area contributed by atoms with Crippen LogP contribution in [-0.2, 0) is 19.9 Å². The number of nitrogens with zero attached hydrogens (tertiary/aromatic N) is 4. The van der Waals surface area contributed by atoms with Crippen molar-refractivity contribution in [2.45, 2.75) is 32.2 Å². The van der Waals surface area contributed by atoms with Crippen LogP contribution in [0.15, 0.2) is 16.8 Å². The number of tetrazole rings is 1. The van der Waals surface area contributed by atoms with Crippen molar-refractivity contribution in [3.63, 3.8) is 0 Å². The van der Waals surface area contributed by atoms with E-state index in [2.05, 4.69) is 44.5 Å². The monoisotopic (exact) mass is 265 g/mol. The van der Waals surface area contributed by atoms with Crippen LogP contribution >= 0.6 is 11.3 Å². The van der Waals surface area contributed by atoms with E-state index in [1.165, 1.54) is 10.4 Å². The first-order valence-corrected chi connectivity index (χ1v) is 7.19. The van der Waals surface area contributed by atoms with Gasteiger partial charge in [0, 0.05) is 12.5 Å². The van der Waals surface area contributed by atoms with Gasteiger partial charge in [0.1, 0.15) is 0 Å². The smallest absolute Gasteiger partial charge is 0.176 e. The fourth-order valence-electron chi connectivity index (χ4n) is 1.88. The Kier molecular flexibility index (Phi) is 4.83. The molecule has 2 rings (SSSR count). The number of rotatable bonds is 7. The molecule has 5 nitrogen and oxygen atoms in total. The normalized spacial score (nSPS) is 12.8. The Bertz CT molecular complexity index is 451. The van der Waals surface area contributed by atoms with Gasteiger partial charge in [0.15, 0.2) is 5.82 Å². The molecular formula is C12H19N5S. The van der Waals surface area contributed by atoms with E-state index in [4.69, 9.17) is 0 Å². The topological polar surface area (TPSA) is 55.6 Å². The second-order valence-electron chi connectivity index (χ2n) is 4.39. The molecule has 2 heterocycles. The highest BCUT2D eigenvalue weighted by Crippen LogP contribution is 2.10. The molecular weight excluding hydrogens is 246 g/mol. The number of hydrogen-bond donors (Lipinski definition) is 1. The number of thiophene rings is 1. The van der Waals surface area contributed by atoms with Crippen LogP contribution in [-0.4, -0.2) is 32.8 Å². The van der Waals surface area contributed by atoms with Crippen LogP contribution in [0.2, 0.25) is 0 Å². The molecule has 0 aromatic carbocycles. The average molecular weight is 265 g/mol. The maximum absolute atomic E-state index is 4.24. The van der Waals surface area contributed by atoms with Crippen LogP contribution in [0.1, 0.15) is 24.7 Å². The third-order valence-electron chi connectivity index (χ3n) is 2.72. The molecule has 18 heavy (non-hydrogen) atoms. The highest BCUT2D eigenvalue weighted by atomic mass is 32.1. The van der Waals surface area contributed by atoms with E-state index < -0.39 is 0 Å². The highest BCUT2D eigenvalue weighted by Gasteiger charge is 2.13. The summed E-state index contributed by atoms with van der Waals surface area (Å²) < 4.78 is 0. The molecule has 0 aliphatic rings. The summed E-state index contributed by atoms with van der Waals surface area (Å²) >= 11 is 1.74. The van der Waals surface area contributed by atoms with Crippen molar-refractivity contribution in [3.05, 3.63) is 28.2 Å². The van der Waals surface area contributed by atoms with Gasteiger partial charge in [-0.2, -0.15) is 16.1 Å². The Morgan fingerprint density at radius 3 is 2.94 bits per heavy atom. The zero-order valence-electron chi connectivity index (χ0n) is 10.8. The van der Waals surface area contributed by atoms with Crippen molar-refractivity contribution in [1.29, 1.82) is 0 Å². The molecule has 6 heteroatoms. The second kappa shape index (κ2) is 6.61. The summed E-state index contributed by atoms with van der Waals surface area (Å²) in [6.07, 6.45) is 2.97. The predicted octanol–water partition coefficient (Wildman–Crippen LogP) is 1.43. The quantitative estimate of drug-likeness (QED) is 0.822. The molecule has 0 amide bonds. The van der Waals surface area contributed by atoms with Gasteiger partial charge in [-0.25, -0.2) is 0 Å². The van der Waals surface area contributed by atoms with E-state index in [0.717, 1.165) is 31.6 Å². The maximum atomic E-state index is 4.24. The van der Waals surface area contributed by atoms with Crippen LogP contribution in [0.5, 0.6) is 0 Å². The van der Waals surface area contributed by atoms with Crippen molar-refractivity contribution in [1.82, 2.24) is 25.5 Å². The Labute approximate surface area is 111 Å². The number of hydrogen-bond acceptors (Lipinski definition) is 5. The van der Waals surface area contributed by atoms with Crippen LogP contribution in [0.4, 0.5) is 0 Å².